The molecule has 1 unspecified atom stereocenters. The first-order valence-electron chi connectivity index (χ1n) is 4.60. The second-order valence-corrected chi connectivity index (χ2v) is 5.66. The van der Waals surface area contributed by atoms with E-state index in [9.17, 15) is 9.59 Å². The van der Waals surface area contributed by atoms with Gasteiger partial charge in [-0.3, -0.25) is 4.79 Å². The van der Waals surface area contributed by atoms with Crippen molar-refractivity contribution in [3.8, 4) is 0 Å². The van der Waals surface area contributed by atoms with Crippen LogP contribution in [-0.4, -0.2) is 25.0 Å². The van der Waals surface area contributed by atoms with Gasteiger partial charge in [0, 0.05) is 0 Å². The number of methoxy groups -OCH3 is 1. The van der Waals surface area contributed by atoms with E-state index < -0.39 is 12.0 Å². The highest BCUT2D eigenvalue weighted by Crippen LogP contribution is 2.27. The van der Waals surface area contributed by atoms with E-state index in [1.165, 1.54) is 18.4 Å². The average molecular weight is 306 g/mol. The van der Waals surface area contributed by atoms with E-state index in [0.717, 1.165) is 9.35 Å². The number of hydrogen-bond acceptors (Lipinski definition) is 4. The van der Waals surface area contributed by atoms with E-state index >= 15 is 0 Å². The Labute approximate surface area is 106 Å². The zero-order chi connectivity index (χ0) is 12.3. The molecular formula is C10H12BrNO3S. The minimum absolute atomic E-state index is 0.267. The lowest BCUT2D eigenvalue weighted by atomic mass is 10.3. The lowest BCUT2D eigenvalue weighted by molar-refractivity contribution is -0.142. The molecule has 0 saturated heterocycles. The summed E-state index contributed by atoms with van der Waals surface area (Å²) < 4.78 is 5.44. The molecule has 1 amide bonds. The summed E-state index contributed by atoms with van der Waals surface area (Å²) in [7, 11) is 1.29. The highest BCUT2D eigenvalue weighted by atomic mass is 79.9. The maximum Gasteiger partial charge on any atom is 0.328 e. The fraction of sp³-hybridized carbons (Fsp3) is 0.400. The number of carbonyl (C=O) groups excluding carboxylic acids is 2. The van der Waals surface area contributed by atoms with Crippen LogP contribution in [0.2, 0.25) is 0 Å². The number of thiophene rings is 1. The summed E-state index contributed by atoms with van der Waals surface area (Å²) in [5.41, 5.74) is 1.00. The van der Waals surface area contributed by atoms with Crippen LogP contribution in [0.4, 0.5) is 0 Å². The van der Waals surface area contributed by atoms with Gasteiger partial charge in [0.1, 0.15) is 6.04 Å². The molecule has 1 N–H and O–H groups in total. The van der Waals surface area contributed by atoms with Crippen molar-refractivity contribution < 1.29 is 14.3 Å². The fourth-order valence-corrected chi connectivity index (χ4v) is 2.51. The standard InChI is InChI=1S/C10H12BrNO3S/c1-5-4-7(16-8(5)11)9(13)12-6(2)10(14)15-3/h4,6H,1-3H3,(H,12,13). The molecule has 0 radical (unpaired) electrons. The van der Waals surface area contributed by atoms with E-state index in [0.29, 0.717) is 4.88 Å². The molecule has 1 aromatic heterocycles. The summed E-state index contributed by atoms with van der Waals surface area (Å²) in [5.74, 6) is -0.725. The van der Waals surface area contributed by atoms with Crippen LogP contribution in [-0.2, 0) is 9.53 Å². The number of esters is 1. The van der Waals surface area contributed by atoms with Crippen LogP contribution in [0.25, 0.3) is 0 Å². The molecule has 0 aliphatic rings. The third kappa shape index (κ3) is 3.05. The van der Waals surface area contributed by atoms with Crippen LogP contribution in [0.3, 0.4) is 0 Å². The van der Waals surface area contributed by atoms with Crippen molar-refractivity contribution in [2.24, 2.45) is 0 Å². The zero-order valence-corrected chi connectivity index (χ0v) is 11.6. The Morgan fingerprint density at radius 2 is 2.19 bits per heavy atom. The number of ether oxygens (including phenoxy) is 1. The predicted molar refractivity (Wildman–Crippen MR) is 65.7 cm³/mol. The van der Waals surface area contributed by atoms with Crippen molar-refractivity contribution in [3.05, 3.63) is 20.3 Å². The Balaban J connectivity index is 2.69. The van der Waals surface area contributed by atoms with Crippen molar-refractivity contribution in [3.63, 3.8) is 0 Å². The van der Waals surface area contributed by atoms with E-state index in [1.54, 1.807) is 13.0 Å². The molecule has 0 aliphatic carbocycles. The number of amides is 1. The van der Waals surface area contributed by atoms with Crippen molar-refractivity contribution in [2.45, 2.75) is 19.9 Å². The van der Waals surface area contributed by atoms with Gasteiger partial charge in [-0.25, -0.2) is 4.79 Å². The van der Waals surface area contributed by atoms with E-state index in [2.05, 4.69) is 26.0 Å². The van der Waals surface area contributed by atoms with Gasteiger partial charge in [0.05, 0.1) is 15.8 Å². The van der Waals surface area contributed by atoms with E-state index in [-0.39, 0.29) is 5.91 Å². The third-order valence-electron chi connectivity index (χ3n) is 1.98. The number of halogens is 1. The Kier molecular flexibility index (Phi) is 4.49. The minimum atomic E-state index is -0.640. The van der Waals surface area contributed by atoms with E-state index in [4.69, 9.17) is 0 Å². The van der Waals surface area contributed by atoms with Gasteiger partial charge in [0.25, 0.3) is 5.91 Å². The maximum atomic E-state index is 11.7. The molecule has 0 fully saturated rings. The molecule has 0 aliphatic heterocycles. The molecule has 1 atom stereocenters. The maximum absolute atomic E-state index is 11.7. The minimum Gasteiger partial charge on any atom is -0.467 e. The van der Waals surface area contributed by atoms with Gasteiger partial charge in [-0.15, -0.1) is 11.3 Å². The van der Waals surface area contributed by atoms with Gasteiger partial charge in [-0.05, 0) is 41.4 Å². The van der Waals surface area contributed by atoms with Gasteiger partial charge in [0.2, 0.25) is 0 Å². The van der Waals surface area contributed by atoms with Crippen molar-refractivity contribution >= 4 is 39.1 Å². The molecule has 1 aromatic rings. The van der Waals surface area contributed by atoms with Crippen molar-refractivity contribution in [1.29, 1.82) is 0 Å². The second-order valence-electron chi connectivity index (χ2n) is 3.29. The van der Waals surface area contributed by atoms with Gasteiger partial charge in [-0.2, -0.15) is 0 Å². The zero-order valence-electron chi connectivity index (χ0n) is 9.17. The van der Waals surface area contributed by atoms with Gasteiger partial charge >= 0.3 is 5.97 Å². The fourth-order valence-electron chi connectivity index (χ4n) is 1.08. The SMILES string of the molecule is COC(=O)C(C)NC(=O)c1cc(C)c(Br)s1. The van der Waals surface area contributed by atoms with Crippen LogP contribution >= 0.6 is 27.3 Å². The molecule has 4 nitrogen and oxygen atoms in total. The Morgan fingerprint density at radius 3 is 2.62 bits per heavy atom. The van der Waals surface area contributed by atoms with E-state index in [1.807, 2.05) is 6.92 Å². The second kappa shape index (κ2) is 5.45. The first kappa shape index (κ1) is 13.2. The van der Waals surface area contributed by atoms with Gasteiger partial charge in [0.15, 0.2) is 0 Å². The van der Waals surface area contributed by atoms with Crippen LogP contribution in [0, 0.1) is 6.92 Å². The van der Waals surface area contributed by atoms with Crippen LogP contribution < -0.4 is 5.32 Å². The summed E-state index contributed by atoms with van der Waals surface area (Å²) >= 11 is 4.68. The summed E-state index contributed by atoms with van der Waals surface area (Å²) in [4.78, 5) is 23.4. The van der Waals surface area contributed by atoms with Crippen molar-refractivity contribution in [1.82, 2.24) is 5.32 Å². The highest BCUT2D eigenvalue weighted by Gasteiger charge is 2.18. The summed E-state index contributed by atoms with van der Waals surface area (Å²) in [5, 5.41) is 2.56. The number of hydrogen-bond donors (Lipinski definition) is 1. The average Bonchev–Trinajstić information content (AvgIpc) is 2.58. The van der Waals surface area contributed by atoms with Crippen LogP contribution in [0.1, 0.15) is 22.2 Å². The van der Waals surface area contributed by atoms with Crippen LogP contribution in [0.5, 0.6) is 0 Å². The normalized spacial score (nSPS) is 12.0. The molecule has 6 heteroatoms. The van der Waals surface area contributed by atoms with Crippen molar-refractivity contribution in [2.75, 3.05) is 7.11 Å². The molecule has 88 valence electrons. The topological polar surface area (TPSA) is 55.4 Å². The summed E-state index contributed by atoms with van der Waals surface area (Å²) in [6.45, 7) is 3.49. The quantitative estimate of drug-likeness (QED) is 0.870. The smallest absolute Gasteiger partial charge is 0.328 e. The molecule has 0 aromatic carbocycles. The summed E-state index contributed by atoms with van der Waals surface area (Å²) in [6, 6.07) is 1.13. The van der Waals surface area contributed by atoms with Crippen LogP contribution in [0.15, 0.2) is 9.85 Å². The molecular weight excluding hydrogens is 294 g/mol. The van der Waals surface area contributed by atoms with Gasteiger partial charge < -0.3 is 10.1 Å². The molecule has 0 spiro atoms. The lowest BCUT2D eigenvalue weighted by Gasteiger charge is -2.10. The lowest BCUT2D eigenvalue weighted by Crippen LogP contribution is -2.38. The Bertz CT molecular complexity index is 397. The number of nitrogens with one attached hydrogen (secondary N) is 1. The first-order chi connectivity index (χ1) is 7.45. The summed E-state index contributed by atoms with van der Waals surface area (Å²) in [6.07, 6.45) is 0. The third-order valence-corrected chi connectivity index (χ3v) is 4.12. The number of aryl methyl sites for hydroxylation is 1. The molecule has 0 saturated carbocycles. The highest BCUT2D eigenvalue weighted by molar-refractivity contribution is 9.11. The predicted octanol–water partition coefficient (Wildman–Crippen LogP) is 2.11. The number of carbonyl (C=O) groups is 2. The Morgan fingerprint density at radius 1 is 1.56 bits per heavy atom. The molecule has 1 rings (SSSR count). The van der Waals surface area contributed by atoms with Gasteiger partial charge in [-0.1, -0.05) is 0 Å². The number of rotatable bonds is 3. The monoisotopic (exact) mass is 305 g/mol. The largest absolute Gasteiger partial charge is 0.467 e. The molecule has 0 bridgehead atoms. The first-order valence-corrected chi connectivity index (χ1v) is 6.21. The molecule has 1 heterocycles. The Hall–Kier alpha value is -0.880. The molecule has 16 heavy (non-hydrogen) atoms.